The molecule has 6 nitrogen and oxygen atoms in total. The molecule has 0 aliphatic carbocycles. The molecule has 0 amide bonds. The summed E-state index contributed by atoms with van der Waals surface area (Å²) in [5.74, 6) is 0.0795. The summed E-state index contributed by atoms with van der Waals surface area (Å²) in [7, 11) is 0. The molecule has 128 valence electrons. The Morgan fingerprint density at radius 2 is 1.65 bits per heavy atom. The maximum absolute atomic E-state index is 11.9. The van der Waals surface area contributed by atoms with Crippen LogP contribution in [-0.4, -0.2) is 36.6 Å². The molecule has 0 radical (unpaired) electrons. The van der Waals surface area contributed by atoms with Crippen LogP contribution in [0.3, 0.4) is 0 Å². The minimum absolute atomic E-state index is 0.0312. The third-order valence-corrected chi connectivity index (χ3v) is 3.04. The van der Waals surface area contributed by atoms with E-state index in [0.717, 1.165) is 12.8 Å². The molecule has 6 heteroatoms. The van der Waals surface area contributed by atoms with Crippen LogP contribution in [-0.2, 0) is 4.79 Å². The predicted octanol–water partition coefficient (Wildman–Crippen LogP) is 3.35. The first-order chi connectivity index (χ1) is 11.0. The second-order valence-corrected chi connectivity index (χ2v) is 5.17. The van der Waals surface area contributed by atoms with E-state index in [0.29, 0.717) is 36.0 Å². The van der Waals surface area contributed by atoms with Crippen molar-refractivity contribution in [3.8, 4) is 11.5 Å². The number of Topliss-reactive ketones (excluding diaryl/α,β-unsaturated/α-hetero) is 1. The van der Waals surface area contributed by atoms with Gasteiger partial charge in [0.1, 0.15) is 0 Å². The molecule has 2 N–H and O–H groups in total. The lowest BCUT2D eigenvalue weighted by Gasteiger charge is -2.17. The van der Waals surface area contributed by atoms with Gasteiger partial charge < -0.3 is 19.9 Å². The molecule has 1 aromatic carbocycles. The molecule has 0 aliphatic heterocycles. The summed E-state index contributed by atoms with van der Waals surface area (Å²) in [6, 6.07) is 3.37. The molecule has 0 saturated carbocycles. The van der Waals surface area contributed by atoms with Crippen molar-refractivity contribution in [3.63, 3.8) is 0 Å². The average molecular weight is 323 g/mol. The summed E-state index contributed by atoms with van der Waals surface area (Å²) >= 11 is 0. The van der Waals surface area contributed by atoms with Gasteiger partial charge >= 0.3 is 5.97 Å². The quantitative estimate of drug-likeness (QED) is 0.607. The van der Waals surface area contributed by atoms with E-state index in [2.05, 4.69) is 5.32 Å². The van der Waals surface area contributed by atoms with E-state index in [4.69, 9.17) is 14.6 Å². The van der Waals surface area contributed by atoms with Crippen LogP contribution in [0.5, 0.6) is 11.5 Å². The van der Waals surface area contributed by atoms with Gasteiger partial charge in [0.2, 0.25) is 0 Å². The molecule has 0 spiro atoms. The molecule has 1 rings (SSSR count). The summed E-state index contributed by atoms with van der Waals surface area (Å²) in [6.07, 6.45) is 1.67. The Bertz CT molecular complexity index is 542. The first-order valence-corrected chi connectivity index (χ1v) is 7.89. The van der Waals surface area contributed by atoms with Crippen molar-refractivity contribution in [2.24, 2.45) is 0 Å². The molecule has 0 aromatic heterocycles. The van der Waals surface area contributed by atoms with Gasteiger partial charge in [-0.15, -0.1) is 0 Å². The number of hydrogen-bond donors (Lipinski definition) is 2. The van der Waals surface area contributed by atoms with Gasteiger partial charge in [-0.25, -0.2) is 0 Å². The lowest BCUT2D eigenvalue weighted by molar-refractivity contribution is -0.136. The monoisotopic (exact) mass is 323 g/mol. The fraction of sp³-hybridized carbons (Fsp3) is 0.529. The van der Waals surface area contributed by atoms with E-state index in [1.54, 1.807) is 12.1 Å². The maximum Gasteiger partial charge on any atom is 0.305 e. The van der Waals surface area contributed by atoms with Gasteiger partial charge in [-0.3, -0.25) is 9.59 Å². The topological polar surface area (TPSA) is 84.9 Å². The Morgan fingerprint density at radius 3 is 2.13 bits per heavy atom. The van der Waals surface area contributed by atoms with Crippen molar-refractivity contribution in [2.75, 3.05) is 25.1 Å². The zero-order chi connectivity index (χ0) is 17.2. The van der Waals surface area contributed by atoms with Gasteiger partial charge in [-0.1, -0.05) is 13.8 Å². The number of carboxylic acids is 1. The van der Waals surface area contributed by atoms with Crippen molar-refractivity contribution in [2.45, 2.75) is 40.0 Å². The molecule has 1 aromatic rings. The largest absolute Gasteiger partial charge is 0.490 e. The molecule has 0 saturated heterocycles. The Labute approximate surface area is 136 Å². The van der Waals surface area contributed by atoms with E-state index < -0.39 is 5.97 Å². The second kappa shape index (κ2) is 9.71. The third kappa shape index (κ3) is 6.18. The second-order valence-electron chi connectivity index (χ2n) is 5.17. The van der Waals surface area contributed by atoms with Crippen LogP contribution in [0.4, 0.5) is 5.69 Å². The smallest absolute Gasteiger partial charge is 0.305 e. The van der Waals surface area contributed by atoms with Gasteiger partial charge in [0.15, 0.2) is 17.3 Å². The minimum Gasteiger partial charge on any atom is -0.490 e. The highest BCUT2D eigenvalue weighted by Crippen LogP contribution is 2.34. The fourth-order valence-electron chi connectivity index (χ4n) is 1.95. The Hall–Kier alpha value is -2.24. The number of carbonyl (C=O) groups is 2. The van der Waals surface area contributed by atoms with Gasteiger partial charge in [0, 0.05) is 23.9 Å². The molecule has 0 aliphatic rings. The molecule has 0 fully saturated rings. The number of carboxylic acid groups (broad SMARTS) is 1. The highest BCUT2D eigenvalue weighted by molar-refractivity contribution is 6.00. The zero-order valence-corrected chi connectivity index (χ0v) is 14.0. The van der Waals surface area contributed by atoms with Crippen LogP contribution < -0.4 is 14.8 Å². The number of benzene rings is 1. The summed E-state index contributed by atoms with van der Waals surface area (Å²) < 4.78 is 11.4. The van der Waals surface area contributed by atoms with Crippen molar-refractivity contribution in [1.82, 2.24) is 0 Å². The first-order valence-electron chi connectivity index (χ1n) is 7.89. The molecule has 0 bridgehead atoms. The summed E-state index contributed by atoms with van der Waals surface area (Å²) in [4.78, 5) is 22.5. The molecule has 23 heavy (non-hydrogen) atoms. The van der Waals surface area contributed by atoms with E-state index in [1.807, 2.05) is 13.8 Å². The van der Waals surface area contributed by atoms with Crippen LogP contribution in [0.2, 0.25) is 0 Å². The number of ketones is 1. The first kappa shape index (κ1) is 18.8. The Balaban J connectivity index is 3.09. The number of aliphatic carboxylic acids is 1. The molecular formula is C17H25NO5. The van der Waals surface area contributed by atoms with Gasteiger partial charge in [0.25, 0.3) is 0 Å². The van der Waals surface area contributed by atoms with Gasteiger partial charge in [-0.05, 0) is 25.8 Å². The SMILES string of the molecule is CCCOc1cc(NCCC(=O)O)c(C(C)=O)cc1OCCC. The Morgan fingerprint density at radius 1 is 1.09 bits per heavy atom. The van der Waals surface area contributed by atoms with Gasteiger partial charge in [-0.2, -0.15) is 0 Å². The number of rotatable bonds is 11. The standard InChI is InChI=1S/C17H25NO5/c1-4-8-22-15-10-13(12(3)19)14(18-7-6-17(20)21)11-16(15)23-9-5-2/h10-11,18H,4-9H2,1-3H3,(H,20,21). The van der Waals surface area contributed by atoms with Crippen LogP contribution in [0.15, 0.2) is 12.1 Å². The number of carbonyl (C=O) groups excluding carboxylic acids is 1. The molecule has 0 unspecified atom stereocenters. The third-order valence-electron chi connectivity index (χ3n) is 3.04. The molecule has 0 atom stereocenters. The number of nitrogens with one attached hydrogen (secondary N) is 1. The average Bonchev–Trinajstić information content (AvgIpc) is 2.50. The van der Waals surface area contributed by atoms with E-state index in [1.165, 1.54) is 6.92 Å². The van der Waals surface area contributed by atoms with Crippen molar-refractivity contribution in [3.05, 3.63) is 17.7 Å². The summed E-state index contributed by atoms with van der Waals surface area (Å²) in [5.41, 5.74) is 1.03. The van der Waals surface area contributed by atoms with E-state index >= 15 is 0 Å². The van der Waals surface area contributed by atoms with Crippen LogP contribution in [0, 0.1) is 0 Å². The van der Waals surface area contributed by atoms with Gasteiger partial charge in [0.05, 0.1) is 19.6 Å². The predicted molar refractivity (Wildman–Crippen MR) is 88.8 cm³/mol. The number of anilines is 1. The zero-order valence-electron chi connectivity index (χ0n) is 14.0. The summed E-state index contributed by atoms with van der Waals surface area (Å²) in [6.45, 7) is 6.77. The van der Waals surface area contributed by atoms with E-state index in [9.17, 15) is 9.59 Å². The normalized spacial score (nSPS) is 10.2. The summed E-state index contributed by atoms with van der Waals surface area (Å²) in [5, 5.41) is 11.7. The maximum atomic E-state index is 11.9. The number of hydrogen-bond acceptors (Lipinski definition) is 5. The minimum atomic E-state index is -0.896. The lowest BCUT2D eigenvalue weighted by atomic mass is 10.1. The Kier molecular flexibility index (Phi) is 7.94. The molecular weight excluding hydrogens is 298 g/mol. The van der Waals surface area contributed by atoms with E-state index in [-0.39, 0.29) is 18.7 Å². The van der Waals surface area contributed by atoms with Crippen molar-refractivity contribution < 1.29 is 24.2 Å². The lowest BCUT2D eigenvalue weighted by Crippen LogP contribution is -2.11. The molecule has 0 heterocycles. The van der Waals surface area contributed by atoms with Crippen LogP contribution in [0.25, 0.3) is 0 Å². The highest BCUT2D eigenvalue weighted by Gasteiger charge is 2.15. The van der Waals surface area contributed by atoms with Crippen molar-refractivity contribution >= 4 is 17.4 Å². The number of ether oxygens (including phenoxy) is 2. The van der Waals surface area contributed by atoms with Crippen LogP contribution in [0.1, 0.15) is 50.4 Å². The highest BCUT2D eigenvalue weighted by atomic mass is 16.5. The van der Waals surface area contributed by atoms with Crippen LogP contribution >= 0.6 is 0 Å². The fourth-order valence-corrected chi connectivity index (χ4v) is 1.95. The van der Waals surface area contributed by atoms with Crippen molar-refractivity contribution in [1.29, 1.82) is 0 Å².